The second-order valence-electron chi connectivity index (χ2n) is 13.6. The van der Waals surface area contributed by atoms with Gasteiger partial charge in [-0.3, -0.25) is 19.7 Å². The third-order valence-electron chi connectivity index (χ3n) is 10.4. The van der Waals surface area contributed by atoms with Crippen LogP contribution < -0.4 is 11.1 Å². The number of carbonyl (C=O) groups is 4. The van der Waals surface area contributed by atoms with E-state index in [2.05, 4.69) is 11.9 Å². The van der Waals surface area contributed by atoms with Gasteiger partial charge in [0.25, 0.3) is 0 Å². The maximum Gasteiger partial charge on any atom is 0.411 e. The smallest absolute Gasteiger partial charge is 0.411 e. The molecule has 2 aromatic carbocycles. The van der Waals surface area contributed by atoms with E-state index in [1.54, 1.807) is 58.0 Å². The van der Waals surface area contributed by atoms with E-state index in [4.69, 9.17) is 10.5 Å². The quantitative estimate of drug-likeness (QED) is 0.208. The first-order valence-corrected chi connectivity index (χ1v) is 15.0. The average Bonchev–Trinajstić information content (AvgIpc) is 2.94. The summed E-state index contributed by atoms with van der Waals surface area (Å²) in [6.45, 7) is 10.6. The minimum atomic E-state index is -2.57. The van der Waals surface area contributed by atoms with Gasteiger partial charge in [-0.1, -0.05) is 58.5 Å². The second kappa shape index (κ2) is 11.1. The molecule has 11 heteroatoms. The summed E-state index contributed by atoms with van der Waals surface area (Å²) in [6, 6.07) is 9.90. The molecule has 0 heterocycles. The Morgan fingerprint density at radius 1 is 1.13 bits per heavy atom. The molecule has 2 aromatic rings. The maximum absolute atomic E-state index is 14.3. The van der Waals surface area contributed by atoms with Gasteiger partial charge in [-0.15, -0.1) is 0 Å². The van der Waals surface area contributed by atoms with Crippen molar-refractivity contribution < 1.29 is 44.3 Å². The number of hydrogen-bond acceptors (Lipinski definition) is 9. The molecule has 0 aromatic heterocycles. The predicted octanol–water partition coefficient (Wildman–Crippen LogP) is 2.97. The van der Waals surface area contributed by atoms with Crippen LogP contribution in [0.3, 0.4) is 0 Å². The lowest BCUT2D eigenvalue weighted by atomic mass is 9.39. The van der Waals surface area contributed by atoms with E-state index in [9.17, 15) is 39.6 Å². The molecule has 0 radical (unpaired) electrons. The Bertz CT molecular complexity index is 1590. The lowest BCUT2D eigenvalue weighted by Crippen LogP contribution is -2.79. The van der Waals surface area contributed by atoms with Crippen molar-refractivity contribution in [2.45, 2.75) is 58.3 Å². The monoisotopic (exact) mass is 620 g/mol. The van der Waals surface area contributed by atoms with E-state index in [1.165, 1.54) is 12.1 Å². The van der Waals surface area contributed by atoms with Crippen LogP contribution in [0.15, 0.2) is 49.1 Å². The van der Waals surface area contributed by atoms with Crippen molar-refractivity contribution in [3.63, 3.8) is 0 Å². The number of anilines is 1. The number of carbonyl (C=O) groups excluding carboxylic acids is 4. The minimum absolute atomic E-state index is 0.0217. The van der Waals surface area contributed by atoms with Crippen LogP contribution in [0.25, 0.3) is 11.1 Å². The van der Waals surface area contributed by atoms with E-state index in [0.717, 1.165) is 0 Å². The fourth-order valence-electron chi connectivity index (χ4n) is 8.82. The largest absolute Gasteiger partial charge is 0.507 e. The number of nitrogens with two attached hydrogens (primary N) is 1. The number of phenols is 1. The number of amides is 2. The normalized spacial score (nSPS) is 33.9. The van der Waals surface area contributed by atoms with Crippen molar-refractivity contribution in [1.82, 2.24) is 0 Å². The van der Waals surface area contributed by atoms with E-state index >= 15 is 0 Å². The van der Waals surface area contributed by atoms with Crippen molar-refractivity contribution in [2.24, 2.45) is 40.2 Å². The van der Waals surface area contributed by atoms with E-state index in [-0.39, 0.29) is 36.7 Å². The summed E-state index contributed by atoms with van der Waals surface area (Å²) in [7, 11) is 0. The third kappa shape index (κ3) is 4.67. The first kappa shape index (κ1) is 32.3. The summed E-state index contributed by atoms with van der Waals surface area (Å²) in [5.74, 6) is -7.41. The van der Waals surface area contributed by atoms with E-state index in [1.807, 2.05) is 0 Å². The molecule has 7 N–H and O–H groups in total. The van der Waals surface area contributed by atoms with E-state index < -0.39 is 70.0 Å². The van der Waals surface area contributed by atoms with Gasteiger partial charge in [0.15, 0.2) is 17.2 Å². The first-order chi connectivity index (χ1) is 21.0. The molecule has 3 aliphatic carbocycles. The van der Waals surface area contributed by atoms with Gasteiger partial charge in [0, 0.05) is 11.1 Å². The lowest BCUT2D eigenvalue weighted by molar-refractivity contribution is -0.265. The van der Waals surface area contributed by atoms with Crippen LogP contribution in [-0.4, -0.2) is 68.4 Å². The number of fused-ring (bicyclic) bond motifs is 3. The SMILES string of the molecule is C=CCOC(=O)Nc1ccc(-c2ccc(O)c3c2C[C@]2(C)C[C@]4(C)[C@@H](C(C)C)C(O)[C@@H](C(N)=O)C(=O)[C@]4(O)C(O)[C@H]2C3=O)cc1. The highest BCUT2D eigenvalue weighted by molar-refractivity contribution is 6.09. The molecule has 2 saturated carbocycles. The number of aliphatic hydroxyl groups is 3. The molecule has 3 aliphatic rings. The molecule has 45 heavy (non-hydrogen) atoms. The average molecular weight is 621 g/mol. The number of nitrogens with one attached hydrogen (secondary N) is 1. The predicted molar refractivity (Wildman–Crippen MR) is 164 cm³/mol. The summed E-state index contributed by atoms with van der Waals surface area (Å²) < 4.78 is 4.95. The molecule has 11 nitrogen and oxygen atoms in total. The molecule has 0 bridgehead atoms. The standard InChI is InChI=1S/C34H40N2O9/c1-6-13-45-31(43)36-18-9-7-17(8-10-18)19-11-12-21(37)22-20(19)14-32(4)15-33(5)24(16(2)3)27(39)23(30(35)42)28(40)34(33,44)29(41)25(32)26(22)38/h6-12,16,23-25,27,29,37,39,41,44H,1,13-15H2,2-5H3,(H2,35,42)(H,36,43)/t23-,24+,25-,27?,29?,32-,33-,34+/m1/s1. The second-order valence-corrected chi connectivity index (χ2v) is 13.6. The topological polar surface area (TPSA) is 196 Å². The zero-order valence-electron chi connectivity index (χ0n) is 25.7. The number of aromatic hydroxyl groups is 1. The fourth-order valence-corrected chi connectivity index (χ4v) is 8.82. The van der Waals surface area contributed by atoms with Crippen LogP contribution >= 0.6 is 0 Å². The molecule has 2 unspecified atom stereocenters. The zero-order chi connectivity index (χ0) is 33.2. The number of Topliss-reactive ketones (excluding diaryl/α,β-unsaturated/α-hetero) is 2. The summed E-state index contributed by atoms with van der Waals surface area (Å²) in [6.07, 6.45) is -2.41. The van der Waals surface area contributed by atoms with Gasteiger partial charge in [-0.2, -0.15) is 0 Å². The Morgan fingerprint density at radius 2 is 1.78 bits per heavy atom. The number of benzene rings is 2. The van der Waals surface area contributed by atoms with Crippen LogP contribution in [-0.2, 0) is 20.7 Å². The molecule has 240 valence electrons. The molecule has 8 atom stereocenters. The molecule has 0 aliphatic heterocycles. The van der Waals surface area contributed by atoms with Crippen LogP contribution in [0.4, 0.5) is 10.5 Å². The van der Waals surface area contributed by atoms with Gasteiger partial charge in [0.05, 0.1) is 17.6 Å². The van der Waals surface area contributed by atoms with Crippen molar-refractivity contribution in [3.05, 3.63) is 60.2 Å². The third-order valence-corrected chi connectivity index (χ3v) is 10.4. The number of hydrogen-bond donors (Lipinski definition) is 6. The van der Waals surface area contributed by atoms with Crippen LogP contribution in [0.2, 0.25) is 0 Å². The Labute approximate surface area is 261 Å². The highest BCUT2D eigenvalue weighted by Gasteiger charge is 2.75. The fraction of sp³-hybridized carbons (Fsp3) is 0.471. The highest BCUT2D eigenvalue weighted by atomic mass is 16.5. The van der Waals surface area contributed by atoms with Crippen molar-refractivity contribution in [2.75, 3.05) is 11.9 Å². The highest BCUT2D eigenvalue weighted by Crippen LogP contribution is 2.66. The van der Waals surface area contributed by atoms with Gasteiger partial charge in [-0.05, 0) is 65.0 Å². The number of ketones is 2. The zero-order valence-corrected chi connectivity index (χ0v) is 25.7. The summed E-state index contributed by atoms with van der Waals surface area (Å²) in [5.41, 5.74) is 2.80. The molecular formula is C34H40N2O9. The molecule has 2 fully saturated rings. The Balaban J connectivity index is 1.61. The van der Waals surface area contributed by atoms with Gasteiger partial charge < -0.3 is 30.9 Å². The van der Waals surface area contributed by atoms with Gasteiger partial charge in [0.1, 0.15) is 24.4 Å². The number of ether oxygens (including phenoxy) is 1. The van der Waals surface area contributed by atoms with Crippen LogP contribution in [0.5, 0.6) is 5.75 Å². The van der Waals surface area contributed by atoms with Gasteiger partial charge >= 0.3 is 6.09 Å². The number of rotatable bonds is 6. The molecule has 0 spiro atoms. The minimum Gasteiger partial charge on any atom is -0.507 e. The molecule has 0 saturated heterocycles. The first-order valence-electron chi connectivity index (χ1n) is 15.0. The molecular weight excluding hydrogens is 580 g/mol. The summed E-state index contributed by atoms with van der Waals surface area (Å²) in [5, 5.41) is 49.0. The van der Waals surface area contributed by atoms with Crippen molar-refractivity contribution >= 4 is 29.3 Å². The number of phenolic OH excluding ortho intramolecular Hbond substituents is 1. The van der Waals surface area contributed by atoms with Crippen LogP contribution in [0, 0.1) is 34.5 Å². The summed E-state index contributed by atoms with van der Waals surface area (Å²) in [4.78, 5) is 52.5. The maximum atomic E-state index is 14.3. The van der Waals surface area contributed by atoms with Crippen molar-refractivity contribution in [3.8, 4) is 16.9 Å². The Hall–Kier alpha value is -4.06. The van der Waals surface area contributed by atoms with Crippen molar-refractivity contribution in [1.29, 1.82) is 0 Å². The Morgan fingerprint density at radius 3 is 2.36 bits per heavy atom. The van der Waals surface area contributed by atoms with E-state index in [0.29, 0.717) is 22.4 Å². The lowest BCUT2D eigenvalue weighted by Gasteiger charge is -2.66. The van der Waals surface area contributed by atoms with Gasteiger partial charge in [-0.25, -0.2) is 4.79 Å². The molecule has 2 amide bonds. The number of primary amides is 1. The van der Waals surface area contributed by atoms with Gasteiger partial charge in [0.2, 0.25) is 5.91 Å². The summed E-state index contributed by atoms with van der Waals surface area (Å²) >= 11 is 0. The Kier molecular flexibility index (Phi) is 7.96. The molecule has 5 rings (SSSR count). The number of aliphatic hydroxyl groups excluding tert-OH is 2. The van der Waals surface area contributed by atoms with Crippen LogP contribution in [0.1, 0.15) is 50.0 Å².